The molecule has 0 bridgehead atoms. The Kier molecular flexibility index (Phi) is 3.04. The summed E-state index contributed by atoms with van der Waals surface area (Å²) in [5, 5.41) is 25.1. The van der Waals surface area contributed by atoms with Crippen LogP contribution < -0.4 is 10.6 Å². The number of benzene rings is 1. The van der Waals surface area contributed by atoms with Gasteiger partial charge in [-0.1, -0.05) is 12.1 Å². The minimum atomic E-state index is -0.852. The number of amides is 1. The van der Waals surface area contributed by atoms with E-state index < -0.39 is 5.60 Å². The molecular formula is C12H16N2O3. The summed E-state index contributed by atoms with van der Waals surface area (Å²) >= 11 is 0. The van der Waals surface area contributed by atoms with Crippen LogP contribution in [0.15, 0.2) is 18.2 Å². The number of aliphatic hydroxyl groups is 1. The average molecular weight is 236 g/mol. The van der Waals surface area contributed by atoms with Gasteiger partial charge in [-0.25, -0.2) is 0 Å². The Morgan fingerprint density at radius 2 is 2.24 bits per heavy atom. The molecule has 1 aliphatic rings. The lowest BCUT2D eigenvalue weighted by molar-refractivity contribution is -0.00762. The Balaban J connectivity index is 2.02. The van der Waals surface area contributed by atoms with Gasteiger partial charge in [0.15, 0.2) is 0 Å². The number of phenols is 1. The quantitative estimate of drug-likeness (QED) is 0.584. The van der Waals surface area contributed by atoms with E-state index in [1.54, 1.807) is 25.1 Å². The number of carbonyl (C=O) groups excluding carboxylic acids is 1. The van der Waals surface area contributed by atoms with Crippen molar-refractivity contribution in [3.8, 4) is 5.75 Å². The zero-order valence-electron chi connectivity index (χ0n) is 9.66. The summed E-state index contributed by atoms with van der Waals surface area (Å²) in [7, 11) is 0. The number of nitrogens with one attached hydrogen (secondary N) is 2. The predicted octanol–water partition coefficient (Wildman–Crippen LogP) is -0.235. The van der Waals surface area contributed by atoms with Crippen LogP contribution in [0.3, 0.4) is 0 Å². The van der Waals surface area contributed by atoms with Crippen LogP contribution in [0.4, 0.5) is 0 Å². The Hall–Kier alpha value is -1.59. The van der Waals surface area contributed by atoms with Gasteiger partial charge in [0, 0.05) is 19.6 Å². The third-order valence-electron chi connectivity index (χ3n) is 2.97. The Bertz CT molecular complexity index is 441. The molecule has 1 aromatic rings. The maximum Gasteiger partial charge on any atom is 0.255 e. The number of phenolic OH excluding ortho intramolecular Hbond substituents is 1. The molecule has 1 aromatic carbocycles. The fourth-order valence-corrected chi connectivity index (χ4v) is 1.72. The summed E-state index contributed by atoms with van der Waals surface area (Å²) in [6.45, 7) is 2.88. The van der Waals surface area contributed by atoms with E-state index in [1.807, 2.05) is 0 Å². The van der Waals surface area contributed by atoms with Gasteiger partial charge in [0.1, 0.15) is 11.4 Å². The lowest BCUT2D eigenvalue weighted by atomic mass is 9.97. The molecule has 1 fully saturated rings. The summed E-state index contributed by atoms with van der Waals surface area (Å²) in [5.74, 6) is -0.379. The molecule has 0 unspecified atom stereocenters. The van der Waals surface area contributed by atoms with E-state index in [2.05, 4.69) is 10.6 Å². The standard InChI is InChI=1S/C12H16N2O3/c1-8-3-2-4-9(10(8)15)11(16)14-7-12(17)5-13-6-12/h2-4,13,15,17H,5-7H2,1H3,(H,14,16). The van der Waals surface area contributed by atoms with Crippen molar-refractivity contribution in [3.63, 3.8) is 0 Å². The second kappa shape index (κ2) is 4.35. The van der Waals surface area contributed by atoms with E-state index in [9.17, 15) is 15.0 Å². The van der Waals surface area contributed by atoms with Crippen molar-refractivity contribution in [1.82, 2.24) is 10.6 Å². The number of β-amino-alcohol motifs (C(OH)–C–C–N with tert-alkyl or cyclic N) is 1. The first kappa shape index (κ1) is 11.9. The molecule has 0 saturated carbocycles. The monoisotopic (exact) mass is 236 g/mol. The summed E-state index contributed by atoms with van der Waals surface area (Å²) in [6, 6.07) is 5.00. The molecule has 1 heterocycles. The Morgan fingerprint density at radius 3 is 2.82 bits per heavy atom. The largest absolute Gasteiger partial charge is 0.507 e. The second-order valence-electron chi connectivity index (χ2n) is 4.48. The molecule has 1 saturated heterocycles. The lowest BCUT2D eigenvalue weighted by Gasteiger charge is -2.37. The molecule has 1 aliphatic heterocycles. The third kappa shape index (κ3) is 2.40. The first-order valence-corrected chi connectivity index (χ1v) is 5.52. The minimum Gasteiger partial charge on any atom is -0.507 e. The fourth-order valence-electron chi connectivity index (χ4n) is 1.72. The van der Waals surface area contributed by atoms with Crippen molar-refractivity contribution in [2.24, 2.45) is 0 Å². The normalized spacial score (nSPS) is 17.3. The number of hydrogen-bond donors (Lipinski definition) is 4. The van der Waals surface area contributed by atoms with Crippen LogP contribution in [-0.4, -0.2) is 41.4 Å². The number of carbonyl (C=O) groups is 1. The van der Waals surface area contributed by atoms with E-state index in [0.29, 0.717) is 18.7 Å². The molecule has 5 nitrogen and oxygen atoms in total. The highest BCUT2D eigenvalue weighted by Gasteiger charge is 2.34. The van der Waals surface area contributed by atoms with Crippen LogP contribution in [-0.2, 0) is 0 Å². The maximum atomic E-state index is 11.8. The molecule has 0 aliphatic carbocycles. The lowest BCUT2D eigenvalue weighted by Crippen LogP contribution is -2.64. The zero-order valence-corrected chi connectivity index (χ0v) is 9.66. The van der Waals surface area contributed by atoms with Gasteiger partial charge >= 0.3 is 0 Å². The van der Waals surface area contributed by atoms with Gasteiger partial charge in [-0.3, -0.25) is 4.79 Å². The van der Waals surface area contributed by atoms with Crippen molar-refractivity contribution < 1.29 is 15.0 Å². The van der Waals surface area contributed by atoms with E-state index in [-0.39, 0.29) is 23.8 Å². The van der Waals surface area contributed by atoms with Gasteiger partial charge in [-0.05, 0) is 18.6 Å². The topological polar surface area (TPSA) is 81.6 Å². The third-order valence-corrected chi connectivity index (χ3v) is 2.97. The van der Waals surface area contributed by atoms with E-state index in [0.717, 1.165) is 0 Å². The van der Waals surface area contributed by atoms with Gasteiger partial charge in [0.05, 0.1) is 5.56 Å². The van der Waals surface area contributed by atoms with Crippen LogP contribution in [0.25, 0.3) is 0 Å². The molecule has 92 valence electrons. The van der Waals surface area contributed by atoms with Crippen molar-refractivity contribution in [2.75, 3.05) is 19.6 Å². The van der Waals surface area contributed by atoms with Gasteiger partial charge in [0.2, 0.25) is 0 Å². The van der Waals surface area contributed by atoms with Crippen LogP contribution in [0.2, 0.25) is 0 Å². The first-order chi connectivity index (χ1) is 8.02. The average Bonchev–Trinajstić information content (AvgIpc) is 2.27. The highest BCUT2D eigenvalue weighted by molar-refractivity contribution is 5.97. The highest BCUT2D eigenvalue weighted by atomic mass is 16.3. The van der Waals surface area contributed by atoms with Crippen LogP contribution in [0.1, 0.15) is 15.9 Å². The number of rotatable bonds is 3. The van der Waals surface area contributed by atoms with E-state index >= 15 is 0 Å². The van der Waals surface area contributed by atoms with Gasteiger partial charge in [0.25, 0.3) is 5.91 Å². The molecule has 0 aromatic heterocycles. The van der Waals surface area contributed by atoms with Gasteiger partial charge in [-0.2, -0.15) is 0 Å². The van der Waals surface area contributed by atoms with E-state index in [4.69, 9.17) is 0 Å². The molecule has 0 spiro atoms. The number of hydrogen-bond acceptors (Lipinski definition) is 4. The van der Waals surface area contributed by atoms with Gasteiger partial charge < -0.3 is 20.8 Å². The first-order valence-electron chi connectivity index (χ1n) is 5.52. The summed E-state index contributed by atoms with van der Waals surface area (Å²) in [6.07, 6.45) is 0. The van der Waals surface area contributed by atoms with Crippen LogP contribution in [0.5, 0.6) is 5.75 Å². The SMILES string of the molecule is Cc1cccc(C(=O)NCC2(O)CNC2)c1O. The second-order valence-corrected chi connectivity index (χ2v) is 4.48. The van der Waals surface area contributed by atoms with Crippen molar-refractivity contribution in [1.29, 1.82) is 0 Å². The zero-order chi connectivity index (χ0) is 12.5. The summed E-state index contributed by atoms with van der Waals surface area (Å²) < 4.78 is 0. The Morgan fingerprint density at radius 1 is 1.53 bits per heavy atom. The summed E-state index contributed by atoms with van der Waals surface area (Å²) in [5.41, 5.74) is 0.0392. The van der Waals surface area contributed by atoms with Crippen molar-refractivity contribution in [2.45, 2.75) is 12.5 Å². The van der Waals surface area contributed by atoms with Crippen LogP contribution in [0, 0.1) is 6.92 Å². The predicted molar refractivity (Wildman–Crippen MR) is 63.0 cm³/mol. The molecule has 0 atom stereocenters. The van der Waals surface area contributed by atoms with E-state index in [1.165, 1.54) is 0 Å². The fraction of sp³-hybridized carbons (Fsp3) is 0.417. The molecule has 2 rings (SSSR count). The van der Waals surface area contributed by atoms with Gasteiger partial charge in [-0.15, -0.1) is 0 Å². The molecule has 5 heteroatoms. The maximum absolute atomic E-state index is 11.8. The highest BCUT2D eigenvalue weighted by Crippen LogP contribution is 2.21. The summed E-state index contributed by atoms with van der Waals surface area (Å²) in [4.78, 5) is 11.8. The number of aryl methyl sites for hydroxylation is 1. The minimum absolute atomic E-state index is 0.0104. The van der Waals surface area contributed by atoms with Crippen molar-refractivity contribution >= 4 is 5.91 Å². The van der Waals surface area contributed by atoms with Crippen LogP contribution >= 0.6 is 0 Å². The number of para-hydroxylation sites is 1. The molecule has 1 amide bonds. The molecule has 17 heavy (non-hydrogen) atoms. The number of aromatic hydroxyl groups is 1. The van der Waals surface area contributed by atoms with Crippen molar-refractivity contribution in [3.05, 3.63) is 29.3 Å². The molecule has 0 radical (unpaired) electrons. The molecule has 4 N–H and O–H groups in total. The molecular weight excluding hydrogens is 220 g/mol. The Labute approximate surface area is 99.5 Å². The smallest absolute Gasteiger partial charge is 0.255 e.